The Balaban J connectivity index is 1.78. The lowest BCUT2D eigenvalue weighted by Crippen LogP contribution is -1.92. The second kappa shape index (κ2) is 6.31. The minimum atomic E-state index is -0.175. The highest BCUT2D eigenvalue weighted by atomic mass is 32.2. The van der Waals surface area contributed by atoms with Gasteiger partial charge in [0.1, 0.15) is 5.82 Å². The zero-order chi connectivity index (χ0) is 14.7. The number of fused-ring (bicyclic) bond motifs is 1. The Morgan fingerprint density at radius 1 is 0.905 bits per heavy atom. The Labute approximate surface area is 129 Å². The Hall–Kier alpha value is -1.80. The number of hydrogen-bond acceptors (Lipinski definition) is 1. The molecular formula is C19H17FS. The van der Waals surface area contributed by atoms with Crippen LogP contribution in [-0.4, -0.2) is 0 Å². The molecule has 0 amide bonds. The molecule has 2 heteroatoms. The van der Waals surface area contributed by atoms with E-state index in [4.69, 9.17) is 0 Å². The third-order valence-corrected chi connectivity index (χ3v) is 4.93. The lowest BCUT2D eigenvalue weighted by molar-refractivity contribution is 0.627. The summed E-state index contributed by atoms with van der Waals surface area (Å²) in [6.07, 6.45) is 0. The van der Waals surface area contributed by atoms with Crippen LogP contribution in [0, 0.1) is 5.82 Å². The van der Waals surface area contributed by atoms with Crippen LogP contribution in [0.25, 0.3) is 10.8 Å². The third-order valence-electron chi connectivity index (χ3n) is 3.67. The molecule has 0 aliphatic heterocycles. The van der Waals surface area contributed by atoms with Crippen LogP contribution >= 0.6 is 11.8 Å². The van der Waals surface area contributed by atoms with Crippen LogP contribution in [0.3, 0.4) is 0 Å². The largest absolute Gasteiger partial charge is 0.207 e. The zero-order valence-corrected chi connectivity index (χ0v) is 12.7. The van der Waals surface area contributed by atoms with Gasteiger partial charge in [0.05, 0.1) is 0 Å². The average Bonchev–Trinajstić information content (AvgIpc) is 2.53. The van der Waals surface area contributed by atoms with E-state index in [0.717, 1.165) is 11.3 Å². The minimum Gasteiger partial charge on any atom is -0.207 e. The summed E-state index contributed by atoms with van der Waals surface area (Å²) in [7, 11) is 0. The van der Waals surface area contributed by atoms with Crippen molar-refractivity contribution in [3.8, 4) is 0 Å². The van der Waals surface area contributed by atoms with Gasteiger partial charge in [-0.2, -0.15) is 0 Å². The van der Waals surface area contributed by atoms with Gasteiger partial charge in [-0.05, 0) is 41.0 Å². The highest BCUT2D eigenvalue weighted by Gasteiger charge is 2.09. The molecule has 0 aromatic heterocycles. The van der Waals surface area contributed by atoms with E-state index in [1.165, 1.54) is 28.5 Å². The lowest BCUT2D eigenvalue weighted by Gasteiger charge is -2.14. The maximum atomic E-state index is 12.9. The second-order valence-electron chi connectivity index (χ2n) is 5.15. The minimum absolute atomic E-state index is 0.175. The van der Waals surface area contributed by atoms with Gasteiger partial charge in [0, 0.05) is 11.0 Å². The molecule has 0 heterocycles. The fourth-order valence-electron chi connectivity index (χ4n) is 2.50. The fourth-order valence-corrected chi connectivity index (χ4v) is 3.52. The molecule has 21 heavy (non-hydrogen) atoms. The molecule has 0 spiro atoms. The summed E-state index contributed by atoms with van der Waals surface area (Å²) in [6.45, 7) is 2.23. The van der Waals surface area contributed by atoms with Crippen LogP contribution in [0.5, 0.6) is 0 Å². The van der Waals surface area contributed by atoms with Crippen molar-refractivity contribution < 1.29 is 4.39 Å². The van der Waals surface area contributed by atoms with Crippen molar-refractivity contribution in [3.05, 3.63) is 83.7 Å². The van der Waals surface area contributed by atoms with Crippen LogP contribution in [0.4, 0.5) is 4.39 Å². The van der Waals surface area contributed by atoms with E-state index in [1.54, 1.807) is 0 Å². The van der Waals surface area contributed by atoms with Gasteiger partial charge < -0.3 is 0 Å². The molecule has 1 atom stereocenters. The van der Waals surface area contributed by atoms with Gasteiger partial charge in [-0.3, -0.25) is 0 Å². The topological polar surface area (TPSA) is 0 Å². The quantitative estimate of drug-likeness (QED) is 0.571. The number of halogens is 1. The van der Waals surface area contributed by atoms with E-state index in [0.29, 0.717) is 5.25 Å². The van der Waals surface area contributed by atoms with Crippen LogP contribution in [0.2, 0.25) is 0 Å². The molecule has 106 valence electrons. The molecular weight excluding hydrogens is 279 g/mol. The Kier molecular flexibility index (Phi) is 4.26. The third kappa shape index (κ3) is 3.27. The van der Waals surface area contributed by atoms with E-state index in [9.17, 15) is 4.39 Å². The van der Waals surface area contributed by atoms with Crippen molar-refractivity contribution in [2.45, 2.75) is 17.9 Å². The molecule has 1 unspecified atom stereocenters. The summed E-state index contributed by atoms with van der Waals surface area (Å²) < 4.78 is 12.9. The summed E-state index contributed by atoms with van der Waals surface area (Å²) in [5.74, 6) is 0.718. The van der Waals surface area contributed by atoms with Crippen LogP contribution in [0.1, 0.15) is 23.3 Å². The average molecular weight is 296 g/mol. The van der Waals surface area contributed by atoms with E-state index in [1.807, 2.05) is 23.9 Å². The normalized spacial score (nSPS) is 12.5. The number of thioether (sulfide) groups is 1. The Morgan fingerprint density at radius 3 is 2.43 bits per heavy atom. The molecule has 3 aromatic rings. The van der Waals surface area contributed by atoms with E-state index >= 15 is 0 Å². The fraction of sp³-hybridized carbons (Fsp3) is 0.158. The summed E-state index contributed by atoms with van der Waals surface area (Å²) in [4.78, 5) is 0. The van der Waals surface area contributed by atoms with Crippen molar-refractivity contribution in [1.82, 2.24) is 0 Å². The van der Waals surface area contributed by atoms with Crippen LogP contribution < -0.4 is 0 Å². The van der Waals surface area contributed by atoms with Crippen LogP contribution in [0.15, 0.2) is 66.7 Å². The van der Waals surface area contributed by atoms with Gasteiger partial charge in [-0.25, -0.2) is 4.39 Å². The number of hydrogen-bond donors (Lipinski definition) is 0. The molecule has 0 saturated carbocycles. The molecule has 0 nitrogen and oxygen atoms in total. The summed E-state index contributed by atoms with van der Waals surface area (Å²) in [5.41, 5.74) is 2.52. The molecule has 0 aliphatic carbocycles. The van der Waals surface area contributed by atoms with Crippen molar-refractivity contribution in [2.24, 2.45) is 0 Å². The van der Waals surface area contributed by atoms with E-state index in [2.05, 4.69) is 49.4 Å². The smallest absolute Gasteiger partial charge is 0.123 e. The first kappa shape index (κ1) is 14.2. The van der Waals surface area contributed by atoms with Gasteiger partial charge >= 0.3 is 0 Å². The maximum absolute atomic E-state index is 12.9. The highest BCUT2D eigenvalue weighted by molar-refractivity contribution is 7.98. The van der Waals surface area contributed by atoms with E-state index in [-0.39, 0.29) is 5.82 Å². The standard InChI is InChI=1S/C19H17FS/c1-14(21-13-15-9-11-17(20)12-10-15)18-8-4-6-16-5-2-3-7-19(16)18/h2-12,14H,13H2,1H3. The van der Waals surface area contributed by atoms with Gasteiger partial charge in [-0.1, -0.05) is 54.6 Å². The Morgan fingerprint density at radius 2 is 1.62 bits per heavy atom. The second-order valence-corrected chi connectivity index (χ2v) is 6.48. The van der Waals surface area contributed by atoms with Gasteiger partial charge in [0.2, 0.25) is 0 Å². The van der Waals surface area contributed by atoms with Crippen molar-refractivity contribution in [2.75, 3.05) is 0 Å². The molecule has 0 radical (unpaired) electrons. The predicted molar refractivity (Wildman–Crippen MR) is 90.1 cm³/mol. The Bertz CT molecular complexity index is 729. The van der Waals surface area contributed by atoms with Gasteiger partial charge in [0.15, 0.2) is 0 Å². The van der Waals surface area contributed by atoms with E-state index < -0.39 is 0 Å². The van der Waals surface area contributed by atoms with Crippen molar-refractivity contribution in [3.63, 3.8) is 0 Å². The van der Waals surface area contributed by atoms with Gasteiger partial charge in [-0.15, -0.1) is 11.8 Å². The molecule has 3 aromatic carbocycles. The summed E-state index contributed by atoms with van der Waals surface area (Å²) in [5, 5.41) is 3.00. The van der Waals surface area contributed by atoms with Crippen molar-refractivity contribution >= 4 is 22.5 Å². The first-order chi connectivity index (χ1) is 10.2. The van der Waals surface area contributed by atoms with Gasteiger partial charge in [0.25, 0.3) is 0 Å². The first-order valence-electron chi connectivity index (χ1n) is 7.08. The molecule has 0 aliphatic rings. The monoisotopic (exact) mass is 296 g/mol. The maximum Gasteiger partial charge on any atom is 0.123 e. The van der Waals surface area contributed by atoms with Crippen molar-refractivity contribution in [1.29, 1.82) is 0 Å². The number of benzene rings is 3. The van der Waals surface area contributed by atoms with Crippen LogP contribution in [-0.2, 0) is 5.75 Å². The molecule has 0 N–H and O–H groups in total. The lowest BCUT2D eigenvalue weighted by atomic mass is 10.0. The molecule has 0 fully saturated rings. The highest BCUT2D eigenvalue weighted by Crippen LogP contribution is 2.35. The molecule has 0 bridgehead atoms. The SMILES string of the molecule is CC(SCc1ccc(F)cc1)c1cccc2ccccc12. The predicted octanol–water partition coefficient (Wildman–Crippen LogP) is 5.97. The first-order valence-corrected chi connectivity index (χ1v) is 8.12. The molecule has 0 saturated heterocycles. The summed E-state index contributed by atoms with van der Waals surface area (Å²) >= 11 is 1.88. The number of rotatable bonds is 4. The molecule has 3 rings (SSSR count). The summed E-state index contributed by atoms with van der Waals surface area (Å²) in [6, 6.07) is 21.7. The zero-order valence-electron chi connectivity index (χ0n) is 11.9.